The van der Waals surface area contributed by atoms with Crippen LogP contribution in [0.5, 0.6) is 0 Å². The quantitative estimate of drug-likeness (QED) is 0.270. The first-order valence-corrected chi connectivity index (χ1v) is 8.01. The predicted octanol–water partition coefficient (Wildman–Crippen LogP) is 0.568. The zero-order chi connectivity index (χ0) is 17.9. The number of nitrogens with zero attached hydrogens (tertiary/aromatic N) is 2. The fourth-order valence-corrected chi connectivity index (χ4v) is 2.76. The van der Waals surface area contributed by atoms with Crippen molar-refractivity contribution in [2.24, 2.45) is 0 Å². The molecule has 0 aromatic heterocycles. The Bertz CT molecular complexity index is 505. The minimum Gasteiger partial charge on any atom is -0.474 e. The average molecular weight is 342 g/mol. The second-order valence-corrected chi connectivity index (χ2v) is 6.91. The summed E-state index contributed by atoms with van der Waals surface area (Å²) < 4.78 is 5.49. The molecule has 2 fully saturated rings. The molecule has 136 valence electrons. The molecule has 2 rings (SSSR count). The summed E-state index contributed by atoms with van der Waals surface area (Å²) in [7, 11) is 0. The average Bonchev–Trinajstić information content (AvgIpc) is 2.70. The van der Waals surface area contributed by atoms with Crippen LogP contribution in [-0.4, -0.2) is 64.5 Å². The van der Waals surface area contributed by atoms with E-state index in [9.17, 15) is 14.8 Å². The van der Waals surface area contributed by atoms with Crippen LogP contribution in [0.2, 0.25) is 0 Å². The molecule has 2 bridgehead atoms. The van der Waals surface area contributed by atoms with Crippen LogP contribution in [0.25, 0.3) is 0 Å². The molecule has 0 unspecified atom stereocenters. The van der Waals surface area contributed by atoms with E-state index < -0.39 is 12.1 Å². The van der Waals surface area contributed by atoms with Gasteiger partial charge in [0.2, 0.25) is 0 Å². The molecule has 0 radical (unpaired) electrons. The number of hydrogen-bond donors (Lipinski definition) is 3. The van der Waals surface area contributed by atoms with Crippen LogP contribution < -0.4 is 10.8 Å². The Balaban J connectivity index is 1.65. The van der Waals surface area contributed by atoms with E-state index in [1.807, 2.05) is 20.8 Å². The van der Waals surface area contributed by atoms with Crippen molar-refractivity contribution in [2.75, 3.05) is 19.7 Å². The van der Waals surface area contributed by atoms with Gasteiger partial charge in [0.15, 0.2) is 5.88 Å². The maximum atomic E-state index is 12.1. The SMILES string of the molecule is C=C(NCCONC(=O)[C@@H]1CC[C@@H]2CN1C(=O)N2O)OC(C)(C)C. The van der Waals surface area contributed by atoms with Gasteiger partial charge in [-0.3, -0.25) is 14.8 Å². The fourth-order valence-electron chi connectivity index (χ4n) is 2.76. The second-order valence-electron chi connectivity index (χ2n) is 6.91. The van der Waals surface area contributed by atoms with Gasteiger partial charge in [-0.1, -0.05) is 0 Å². The monoisotopic (exact) mass is 342 g/mol. The second kappa shape index (κ2) is 7.27. The maximum Gasteiger partial charge on any atom is 0.344 e. The van der Waals surface area contributed by atoms with Crippen LogP contribution in [0.1, 0.15) is 33.6 Å². The summed E-state index contributed by atoms with van der Waals surface area (Å²) in [5.74, 6) is 0.0447. The number of piperidine rings is 1. The Morgan fingerprint density at radius 3 is 2.79 bits per heavy atom. The Morgan fingerprint density at radius 1 is 1.42 bits per heavy atom. The fraction of sp³-hybridized carbons (Fsp3) is 0.733. The van der Waals surface area contributed by atoms with Crippen LogP contribution in [0, 0.1) is 0 Å². The number of nitrogens with one attached hydrogen (secondary N) is 2. The molecule has 2 aliphatic rings. The van der Waals surface area contributed by atoms with Crippen molar-refractivity contribution in [1.29, 1.82) is 0 Å². The third-order valence-corrected chi connectivity index (χ3v) is 3.78. The summed E-state index contributed by atoms with van der Waals surface area (Å²) in [6.07, 6.45) is 1.08. The van der Waals surface area contributed by atoms with Crippen LogP contribution >= 0.6 is 0 Å². The number of urea groups is 1. The highest BCUT2D eigenvalue weighted by molar-refractivity contribution is 5.87. The molecule has 0 aromatic rings. The molecule has 2 atom stereocenters. The molecule has 3 amide bonds. The summed E-state index contributed by atoms with van der Waals surface area (Å²) >= 11 is 0. The van der Waals surface area contributed by atoms with Gasteiger partial charge in [-0.15, -0.1) is 0 Å². The number of hydrogen-bond acceptors (Lipinski definition) is 6. The van der Waals surface area contributed by atoms with E-state index in [1.165, 1.54) is 4.90 Å². The van der Waals surface area contributed by atoms with Gasteiger partial charge in [-0.25, -0.2) is 15.3 Å². The Kier molecular flexibility index (Phi) is 5.55. The molecule has 3 N–H and O–H groups in total. The zero-order valence-corrected chi connectivity index (χ0v) is 14.4. The number of rotatable bonds is 7. The molecule has 0 aliphatic carbocycles. The normalized spacial score (nSPS) is 23.2. The van der Waals surface area contributed by atoms with Crippen LogP contribution in [-0.2, 0) is 14.4 Å². The Morgan fingerprint density at radius 2 is 2.12 bits per heavy atom. The minimum absolute atomic E-state index is 0.216. The van der Waals surface area contributed by atoms with Crippen LogP contribution in [0.3, 0.4) is 0 Å². The molecule has 0 aromatic carbocycles. The third kappa shape index (κ3) is 4.51. The number of ether oxygens (including phenoxy) is 1. The van der Waals surface area contributed by atoms with Gasteiger partial charge in [0.05, 0.1) is 12.6 Å². The van der Waals surface area contributed by atoms with Crippen molar-refractivity contribution < 1.29 is 24.4 Å². The van der Waals surface area contributed by atoms with E-state index in [2.05, 4.69) is 17.4 Å². The molecule has 9 nitrogen and oxygen atoms in total. The standard InChI is InChI=1S/C15H26N4O5/c1-10(24-15(2,3)4)16-7-8-23-17-13(20)12-6-5-11-9-18(12)14(21)19(11)22/h11-12,16,22H,1,5-9H2,2-4H3,(H,17,20)/t11-,12+/m1/s1. The van der Waals surface area contributed by atoms with Gasteiger partial charge in [-0.05, 0) is 40.2 Å². The summed E-state index contributed by atoms with van der Waals surface area (Å²) in [6, 6.07) is -1.37. The van der Waals surface area contributed by atoms with Crippen molar-refractivity contribution in [3.05, 3.63) is 12.5 Å². The third-order valence-electron chi connectivity index (χ3n) is 3.78. The molecule has 2 aliphatic heterocycles. The Hall–Kier alpha value is -2.00. The molecule has 9 heteroatoms. The number of fused-ring (bicyclic) bond motifs is 2. The van der Waals surface area contributed by atoms with Gasteiger partial charge in [-0.2, -0.15) is 0 Å². The smallest absolute Gasteiger partial charge is 0.344 e. The van der Waals surface area contributed by atoms with E-state index >= 15 is 0 Å². The first-order valence-electron chi connectivity index (χ1n) is 8.01. The number of hydroxylamine groups is 3. The maximum absolute atomic E-state index is 12.1. The zero-order valence-electron chi connectivity index (χ0n) is 14.4. The lowest BCUT2D eigenvalue weighted by atomic mass is 10.0. The van der Waals surface area contributed by atoms with Gasteiger partial charge in [0.1, 0.15) is 11.6 Å². The molecule has 0 saturated carbocycles. The lowest BCUT2D eigenvalue weighted by molar-refractivity contribution is -0.138. The first-order chi connectivity index (χ1) is 11.2. The molecule has 24 heavy (non-hydrogen) atoms. The van der Waals surface area contributed by atoms with E-state index in [-0.39, 0.29) is 24.2 Å². The molecule has 0 spiro atoms. The van der Waals surface area contributed by atoms with E-state index in [4.69, 9.17) is 9.57 Å². The highest BCUT2D eigenvalue weighted by atomic mass is 16.7. The predicted molar refractivity (Wildman–Crippen MR) is 84.6 cm³/mol. The summed E-state index contributed by atoms with van der Waals surface area (Å²) in [5.41, 5.74) is 2.02. The van der Waals surface area contributed by atoms with Crippen molar-refractivity contribution in [2.45, 2.75) is 51.3 Å². The minimum atomic E-state index is -0.613. The van der Waals surface area contributed by atoms with E-state index in [0.717, 1.165) is 0 Å². The molecular formula is C15H26N4O5. The number of amides is 3. The largest absolute Gasteiger partial charge is 0.474 e. The molecular weight excluding hydrogens is 316 g/mol. The van der Waals surface area contributed by atoms with E-state index in [0.29, 0.717) is 36.9 Å². The van der Waals surface area contributed by atoms with Gasteiger partial charge >= 0.3 is 6.03 Å². The van der Waals surface area contributed by atoms with Crippen molar-refractivity contribution in [3.63, 3.8) is 0 Å². The van der Waals surface area contributed by atoms with Crippen molar-refractivity contribution in [1.82, 2.24) is 20.8 Å². The summed E-state index contributed by atoms with van der Waals surface area (Å²) in [6.45, 7) is 10.5. The van der Waals surface area contributed by atoms with Crippen LogP contribution in [0.15, 0.2) is 12.5 Å². The van der Waals surface area contributed by atoms with Crippen molar-refractivity contribution in [3.8, 4) is 0 Å². The van der Waals surface area contributed by atoms with Gasteiger partial charge in [0, 0.05) is 13.1 Å². The molecule has 2 saturated heterocycles. The summed E-state index contributed by atoms with van der Waals surface area (Å²) in [5, 5.41) is 13.2. The number of carbonyl (C=O) groups excluding carboxylic acids is 2. The lowest BCUT2D eigenvalue weighted by Crippen LogP contribution is -2.50. The Labute approximate surface area is 141 Å². The highest BCUT2D eigenvalue weighted by Gasteiger charge is 2.46. The number of carbonyl (C=O) groups is 2. The van der Waals surface area contributed by atoms with Crippen LogP contribution in [0.4, 0.5) is 4.79 Å². The first kappa shape index (κ1) is 18.3. The lowest BCUT2D eigenvalue weighted by Gasteiger charge is -2.28. The van der Waals surface area contributed by atoms with E-state index in [1.54, 1.807) is 0 Å². The highest BCUT2D eigenvalue weighted by Crippen LogP contribution is 2.28. The summed E-state index contributed by atoms with van der Waals surface area (Å²) in [4.78, 5) is 30.4. The van der Waals surface area contributed by atoms with Gasteiger partial charge < -0.3 is 15.0 Å². The van der Waals surface area contributed by atoms with Gasteiger partial charge in [0.25, 0.3) is 5.91 Å². The molecule has 2 heterocycles. The van der Waals surface area contributed by atoms with Crippen molar-refractivity contribution >= 4 is 11.9 Å². The topological polar surface area (TPSA) is 103 Å².